The summed E-state index contributed by atoms with van der Waals surface area (Å²) >= 11 is 5.86. The lowest BCUT2D eigenvalue weighted by Crippen LogP contribution is -2.32. The number of rotatable bonds is 5. The van der Waals surface area contributed by atoms with Gasteiger partial charge in [0.25, 0.3) is 0 Å². The van der Waals surface area contributed by atoms with E-state index in [1.165, 1.54) is 24.1 Å². The van der Waals surface area contributed by atoms with E-state index in [9.17, 15) is 4.79 Å². The number of amides is 2. The first-order valence-corrected chi connectivity index (χ1v) is 9.89. The lowest BCUT2D eigenvalue weighted by molar-refractivity contribution is 0.251. The molecule has 2 amide bonds. The van der Waals surface area contributed by atoms with Gasteiger partial charge in [0.15, 0.2) is 0 Å². The minimum Gasteiger partial charge on any atom is -0.336 e. The standard InChI is InChI=1S/C21H22ClN5O/c22-15-8-10-16(11-9-15)25-21(28)24-13-14-27-19-7-2-1-5-17(19)20(26-27)18-6-3-4-12-23-18/h3-4,6,8-12H,1-2,5,7,13-14H2,(H2,24,25,28). The third-order valence-electron chi connectivity index (χ3n) is 4.88. The number of hydrogen-bond donors (Lipinski definition) is 2. The first-order valence-electron chi connectivity index (χ1n) is 9.51. The van der Waals surface area contributed by atoms with Gasteiger partial charge >= 0.3 is 6.03 Å². The Labute approximate surface area is 168 Å². The molecule has 0 bridgehead atoms. The SMILES string of the molecule is O=C(NCCn1nc(-c2ccccn2)c2c1CCCC2)Nc1ccc(Cl)cc1. The summed E-state index contributed by atoms with van der Waals surface area (Å²) in [5.74, 6) is 0. The topological polar surface area (TPSA) is 71.8 Å². The van der Waals surface area contributed by atoms with E-state index in [-0.39, 0.29) is 6.03 Å². The Hall–Kier alpha value is -2.86. The maximum absolute atomic E-state index is 12.1. The molecule has 0 spiro atoms. The Morgan fingerprint density at radius 3 is 2.71 bits per heavy atom. The molecule has 144 valence electrons. The molecule has 1 aromatic carbocycles. The number of halogens is 1. The van der Waals surface area contributed by atoms with E-state index in [0.29, 0.717) is 23.8 Å². The van der Waals surface area contributed by atoms with Gasteiger partial charge < -0.3 is 10.6 Å². The van der Waals surface area contributed by atoms with Gasteiger partial charge in [0.2, 0.25) is 0 Å². The van der Waals surface area contributed by atoms with Gasteiger partial charge in [-0.15, -0.1) is 0 Å². The molecule has 3 aromatic rings. The van der Waals surface area contributed by atoms with Crippen molar-refractivity contribution in [3.05, 3.63) is 64.9 Å². The fourth-order valence-electron chi connectivity index (χ4n) is 3.55. The van der Waals surface area contributed by atoms with Crippen LogP contribution in [0.1, 0.15) is 24.1 Å². The first-order chi connectivity index (χ1) is 13.7. The number of nitrogens with one attached hydrogen (secondary N) is 2. The predicted octanol–water partition coefficient (Wildman–Crippen LogP) is 4.30. The van der Waals surface area contributed by atoms with Gasteiger partial charge in [-0.2, -0.15) is 5.10 Å². The molecule has 4 rings (SSSR count). The summed E-state index contributed by atoms with van der Waals surface area (Å²) in [4.78, 5) is 16.6. The number of nitrogens with zero attached hydrogens (tertiary/aromatic N) is 3. The van der Waals surface area contributed by atoms with Crippen molar-refractivity contribution < 1.29 is 4.79 Å². The third-order valence-corrected chi connectivity index (χ3v) is 5.13. The Balaban J connectivity index is 1.41. The fraction of sp³-hybridized carbons (Fsp3) is 0.286. The summed E-state index contributed by atoms with van der Waals surface area (Å²) < 4.78 is 2.03. The average Bonchev–Trinajstić information content (AvgIpc) is 3.09. The van der Waals surface area contributed by atoms with Crippen LogP contribution in [-0.2, 0) is 19.4 Å². The molecule has 0 radical (unpaired) electrons. The zero-order chi connectivity index (χ0) is 19.3. The monoisotopic (exact) mass is 395 g/mol. The van der Waals surface area contributed by atoms with Crippen LogP contribution in [0.25, 0.3) is 11.4 Å². The smallest absolute Gasteiger partial charge is 0.319 e. The summed E-state index contributed by atoms with van der Waals surface area (Å²) in [6.07, 6.45) is 6.20. The highest BCUT2D eigenvalue weighted by Gasteiger charge is 2.22. The fourth-order valence-corrected chi connectivity index (χ4v) is 3.67. The number of benzene rings is 1. The number of urea groups is 1. The molecule has 7 heteroatoms. The Morgan fingerprint density at radius 1 is 1.11 bits per heavy atom. The second-order valence-electron chi connectivity index (χ2n) is 6.81. The number of aromatic nitrogens is 3. The van der Waals surface area contributed by atoms with E-state index in [1.807, 2.05) is 22.9 Å². The Kier molecular flexibility index (Phi) is 5.58. The molecule has 0 atom stereocenters. The molecule has 1 aliphatic carbocycles. The summed E-state index contributed by atoms with van der Waals surface area (Å²) in [7, 11) is 0. The number of carbonyl (C=O) groups is 1. The highest BCUT2D eigenvalue weighted by atomic mass is 35.5. The Morgan fingerprint density at radius 2 is 1.93 bits per heavy atom. The van der Waals surface area contributed by atoms with Crippen molar-refractivity contribution >= 4 is 23.3 Å². The highest BCUT2D eigenvalue weighted by Crippen LogP contribution is 2.30. The summed E-state index contributed by atoms with van der Waals surface area (Å²) in [5, 5.41) is 11.1. The molecule has 2 N–H and O–H groups in total. The molecule has 1 aliphatic rings. The van der Waals surface area contributed by atoms with E-state index in [0.717, 1.165) is 24.2 Å². The number of hydrogen-bond acceptors (Lipinski definition) is 3. The van der Waals surface area contributed by atoms with Gasteiger partial charge in [-0.1, -0.05) is 17.7 Å². The first kappa shape index (κ1) is 18.5. The van der Waals surface area contributed by atoms with E-state index >= 15 is 0 Å². The van der Waals surface area contributed by atoms with Crippen LogP contribution in [0.15, 0.2) is 48.7 Å². The quantitative estimate of drug-likeness (QED) is 0.676. The van der Waals surface area contributed by atoms with Gasteiger partial charge in [0.1, 0.15) is 5.69 Å². The zero-order valence-corrected chi connectivity index (χ0v) is 16.2. The molecule has 0 saturated carbocycles. The van der Waals surface area contributed by atoms with Crippen molar-refractivity contribution in [2.24, 2.45) is 0 Å². The van der Waals surface area contributed by atoms with Crippen LogP contribution in [0, 0.1) is 0 Å². The summed E-state index contributed by atoms with van der Waals surface area (Å²) in [6.45, 7) is 1.12. The molecule has 28 heavy (non-hydrogen) atoms. The summed E-state index contributed by atoms with van der Waals surface area (Å²) in [5.41, 5.74) is 5.16. The highest BCUT2D eigenvalue weighted by molar-refractivity contribution is 6.30. The molecule has 2 aromatic heterocycles. The molecule has 0 unspecified atom stereocenters. The average molecular weight is 396 g/mol. The normalized spacial score (nSPS) is 13.0. The number of anilines is 1. The van der Waals surface area contributed by atoms with E-state index in [4.69, 9.17) is 16.7 Å². The van der Waals surface area contributed by atoms with Crippen molar-refractivity contribution in [1.29, 1.82) is 0 Å². The molecule has 2 heterocycles. The van der Waals surface area contributed by atoms with Gasteiger partial charge in [-0.05, 0) is 62.1 Å². The second-order valence-corrected chi connectivity index (χ2v) is 7.24. The van der Waals surface area contributed by atoms with Crippen molar-refractivity contribution in [2.45, 2.75) is 32.2 Å². The number of carbonyl (C=O) groups excluding carboxylic acids is 1. The molecular weight excluding hydrogens is 374 g/mol. The van der Waals surface area contributed by atoms with E-state index < -0.39 is 0 Å². The van der Waals surface area contributed by atoms with Gasteiger partial charge in [0.05, 0.1) is 12.2 Å². The van der Waals surface area contributed by atoms with E-state index in [1.54, 1.807) is 30.5 Å². The van der Waals surface area contributed by atoms with Crippen LogP contribution < -0.4 is 10.6 Å². The van der Waals surface area contributed by atoms with Crippen LogP contribution in [0.4, 0.5) is 10.5 Å². The van der Waals surface area contributed by atoms with Crippen LogP contribution in [0.2, 0.25) is 5.02 Å². The molecule has 0 fully saturated rings. The maximum atomic E-state index is 12.1. The maximum Gasteiger partial charge on any atom is 0.319 e. The molecule has 0 aliphatic heterocycles. The molecular formula is C21H22ClN5O. The minimum atomic E-state index is -0.242. The van der Waals surface area contributed by atoms with Gasteiger partial charge in [-0.25, -0.2) is 4.79 Å². The van der Waals surface area contributed by atoms with Gasteiger partial charge in [-0.3, -0.25) is 9.67 Å². The van der Waals surface area contributed by atoms with Crippen LogP contribution in [0.5, 0.6) is 0 Å². The van der Waals surface area contributed by atoms with Gasteiger partial charge in [0, 0.05) is 34.7 Å². The minimum absolute atomic E-state index is 0.242. The largest absolute Gasteiger partial charge is 0.336 e. The van der Waals surface area contributed by atoms with Crippen LogP contribution >= 0.6 is 11.6 Å². The van der Waals surface area contributed by atoms with Crippen LogP contribution in [0.3, 0.4) is 0 Å². The lowest BCUT2D eigenvalue weighted by Gasteiger charge is -2.14. The molecule has 6 nitrogen and oxygen atoms in total. The van der Waals surface area contributed by atoms with Crippen molar-refractivity contribution in [1.82, 2.24) is 20.1 Å². The zero-order valence-electron chi connectivity index (χ0n) is 15.5. The van der Waals surface area contributed by atoms with Crippen molar-refractivity contribution in [3.8, 4) is 11.4 Å². The predicted molar refractivity (Wildman–Crippen MR) is 111 cm³/mol. The lowest BCUT2D eigenvalue weighted by atomic mass is 9.95. The number of pyridine rings is 1. The number of fused-ring (bicyclic) bond motifs is 1. The molecule has 0 saturated heterocycles. The van der Waals surface area contributed by atoms with Crippen LogP contribution in [-0.4, -0.2) is 27.3 Å². The summed E-state index contributed by atoms with van der Waals surface area (Å²) in [6, 6.07) is 12.7. The van der Waals surface area contributed by atoms with E-state index in [2.05, 4.69) is 15.6 Å². The Bertz CT molecular complexity index is 953. The second kappa shape index (κ2) is 8.44. The van der Waals surface area contributed by atoms with Crippen molar-refractivity contribution in [2.75, 3.05) is 11.9 Å². The third kappa shape index (κ3) is 4.17. The van der Waals surface area contributed by atoms with Crippen molar-refractivity contribution in [3.63, 3.8) is 0 Å².